The molecule has 2 amide bonds. The number of amides is 2. The van der Waals surface area contributed by atoms with E-state index in [0.29, 0.717) is 38.3 Å². The number of likely N-dealkylation sites (tertiary alicyclic amines) is 2. The topological polar surface area (TPSA) is 45.6 Å². The number of halogens is 1. The lowest BCUT2D eigenvalue weighted by Crippen LogP contribution is -2.38. The number of aryl methyl sites for hydroxylation is 1. The fraction of sp³-hybridized carbons (Fsp3) is 0.400. The third-order valence-corrected chi connectivity index (χ3v) is 5.67. The van der Waals surface area contributed by atoms with Gasteiger partial charge in [-0.1, -0.05) is 12.1 Å². The zero-order valence-corrected chi connectivity index (χ0v) is 14.8. The van der Waals surface area contributed by atoms with Gasteiger partial charge >= 0.3 is 0 Å². The second kappa shape index (κ2) is 6.27. The molecule has 1 spiro atoms. The SMILES string of the molecule is Cn1cccc1C(=O)N1CC[C@@]2(CCN(Cc3cccc(F)c3)C2=O)C1. The van der Waals surface area contributed by atoms with E-state index >= 15 is 0 Å². The first-order valence-corrected chi connectivity index (χ1v) is 8.93. The highest BCUT2D eigenvalue weighted by Crippen LogP contribution is 2.41. The number of nitrogens with zero attached hydrogens (tertiary/aromatic N) is 3. The van der Waals surface area contributed by atoms with E-state index in [1.807, 2.05) is 25.4 Å². The van der Waals surface area contributed by atoms with Gasteiger partial charge in [0, 0.05) is 39.4 Å². The lowest BCUT2D eigenvalue weighted by atomic mass is 9.85. The van der Waals surface area contributed by atoms with Crippen LogP contribution in [0.4, 0.5) is 4.39 Å². The maximum absolute atomic E-state index is 13.4. The Morgan fingerprint density at radius 3 is 2.73 bits per heavy atom. The number of aromatic nitrogens is 1. The van der Waals surface area contributed by atoms with Gasteiger partial charge in [-0.15, -0.1) is 0 Å². The molecule has 4 rings (SSSR count). The van der Waals surface area contributed by atoms with E-state index < -0.39 is 5.41 Å². The van der Waals surface area contributed by atoms with E-state index in [-0.39, 0.29) is 17.6 Å². The van der Waals surface area contributed by atoms with Gasteiger partial charge in [0.1, 0.15) is 11.5 Å². The summed E-state index contributed by atoms with van der Waals surface area (Å²) >= 11 is 0. The highest BCUT2D eigenvalue weighted by atomic mass is 19.1. The van der Waals surface area contributed by atoms with E-state index in [1.54, 1.807) is 26.5 Å². The molecule has 0 N–H and O–H groups in total. The van der Waals surface area contributed by atoms with Crippen molar-refractivity contribution in [2.45, 2.75) is 19.4 Å². The van der Waals surface area contributed by atoms with Crippen molar-refractivity contribution in [1.82, 2.24) is 14.4 Å². The summed E-state index contributed by atoms with van der Waals surface area (Å²) in [5, 5.41) is 0. The third-order valence-electron chi connectivity index (χ3n) is 5.67. The van der Waals surface area contributed by atoms with Crippen LogP contribution in [0.3, 0.4) is 0 Å². The maximum atomic E-state index is 13.4. The minimum atomic E-state index is -0.478. The van der Waals surface area contributed by atoms with Crippen LogP contribution in [0.2, 0.25) is 0 Å². The Labute approximate surface area is 152 Å². The number of carbonyl (C=O) groups excluding carboxylic acids is 2. The van der Waals surface area contributed by atoms with Crippen molar-refractivity contribution in [3.63, 3.8) is 0 Å². The number of hydrogen-bond acceptors (Lipinski definition) is 2. The monoisotopic (exact) mass is 355 g/mol. The average molecular weight is 355 g/mol. The van der Waals surface area contributed by atoms with Crippen LogP contribution in [-0.2, 0) is 18.4 Å². The van der Waals surface area contributed by atoms with E-state index in [9.17, 15) is 14.0 Å². The Morgan fingerprint density at radius 2 is 2.00 bits per heavy atom. The Bertz CT molecular complexity index is 862. The number of hydrogen-bond donors (Lipinski definition) is 0. The molecule has 5 nitrogen and oxygen atoms in total. The van der Waals surface area contributed by atoms with Gasteiger partial charge in [0.25, 0.3) is 5.91 Å². The Morgan fingerprint density at radius 1 is 1.19 bits per heavy atom. The summed E-state index contributed by atoms with van der Waals surface area (Å²) in [6, 6.07) is 10.0. The molecule has 2 saturated heterocycles. The van der Waals surface area contributed by atoms with E-state index in [1.165, 1.54) is 12.1 Å². The molecule has 0 aliphatic carbocycles. The predicted octanol–water partition coefficient (Wildman–Crippen LogP) is 2.43. The van der Waals surface area contributed by atoms with Crippen molar-refractivity contribution in [3.8, 4) is 0 Å². The van der Waals surface area contributed by atoms with Gasteiger partial charge in [-0.3, -0.25) is 9.59 Å². The lowest BCUT2D eigenvalue weighted by molar-refractivity contribution is -0.135. The van der Waals surface area contributed by atoms with Crippen LogP contribution < -0.4 is 0 Å². The van der Waals surface area contributed by atoms with Gasteiger partial charge in [-0.25, -0.2) is 4.39 Å². The molecule has 1 aromatic carbocycles. The zero-order chi connectivity index (χ0) is 18.3. The molecule has 136 valence electrons. The Kier molecular flexibility index (Phi) is 4.05. The molecule has 0 radical (unpaired) electrons. The van der Waals surface area contributed by atoms with Crippen molar-refractivity contribution >= 4 is 11.8 Å². The maximum Gasteiger partial charge on any atom is 0.270 e. The molecule has 1 atom stereocenters. The first kappa shape index (κ1) is 16.8. The van der Waals surface area contributed by atoms with Crippen LogP contribution >= 0.6 is 0 Å². The molecule has 0 saturated carbocycles. The highest BCUT2D eigenvalue weighted by molar-refractivity contribution is 5.94. The van der Waals surface area contributed by atoms with Crippen molar-refractivity contribution < 1.29 is 14.0 Å². The second-order valence-electron chi connectivity index (χ2n) is 7.37. The normalized spacial score (nSPS) is 22.6. The number of carbonyl (C=O) groups is 2. The second-order valence-corrected chi connectivity index (χ2v) is 7.37. The fourth-order valence-electron chi connectivity index (χ4n) is 4.17. The van der Waals surface area contributed by atoms with Gasteiger partial charge in [0.15, 0.2) is 0 Å². The van der Waals surface area contributed by atoms with Crippen molar-refractivity contribution in [2.24, 2.45) is 12.5 Å². The Hall–Kier alpha value is -2.63. The first-order valence-electron chi connectivity index (χ1n) is 8.93. The van der Waals surface area contributed by atoms with Crippen LogP contribution in [0.5, 0.6) is 0 Å². The highest BCUT2D eigenvalue weighted by Gasteiger charge is 2.51. The summed E-state index contributed by atoms with van der Waals surface area (Å²) in [6.07, 6.45) is 3.29. The fourth-order valence-corrected chi connectivity index (χ4v) is 4.17. The predicted molar refractivity (Wildman–Crippen MR) is 94.8 cm³/mol. The van der Waals surface area contributed by atoms with Crippen molar-refractivity contribution in [2.75, 3.05) is 19.6 Å². The molecule has 0 bridgehead atoms. The van der Waals surface area contributed by atoms with Gasteiger partial charge < -0.3 is 14.4 Å². The molecule has 2 aromatic rings. The smallest absolute Gasteiger partial charge is 0.270 e. The molecule has 0 unspecified atom stereocenters. The largest absolute Gasteiger partial charge is 0.347 e. The summed E-state index contributed by atoms with van der Waals surface area (Å²) in [6.45, 7) is 2.14. The van der Waals surface area contributed by atoms with Crippen LogP contribution in [-0.4, -0.2) is 45.8 Å². The molecule has 2 aliphatic rings. The van der Waals surface area contributed by atoms with Crippen LogP contribution in [0, 0.1) is 11.2 Å². The van der Waals surface area contributed by atoms with Crippen molar-refractivity contribution in [1.29, 1.82) is 0 Å². The van der Waals surface area contributed by atoms with Gasteiger partial charge in [0.2, 0.25) is 5.91 Å². The molecule has 2 fully saturated rings. The third kappa shape index (κ3) is 2.79. The average Bonchev–Trinajstić information content (AvgIpc) is 3.31. The summed E-state index contributed by atoms with van der Waals surface area (Å²) in [5.41, 5.74) is 0.961. The van der Waals surface area contributed by atoms with Crippen LogP contribution in [0.1, 0.15) is 28.9 Å². The standard InChI is InChI=1S/C20H22FN3O2/c1-22-9-3-6-17(22)18(25)24-11-8-20(14-24)7-10-23(19(20)26)13-15-4-2-5-16(21)12-15/h2-6,9,12H,7-8,10-11,13-14H2,1H3/t20-/m0/s1. The van der Waals surface area contributed by atoms with Crippen LogP contribution in [0.25, 0.3) is 0 Å². The molecule has 6 heteroatoms. The lowest BCUT2D eigenvalue weighted by Gasteiger charge is -2.24. The minimum Gasteiger partial charge on any atom is -0.347 e. The molecule has 26 heavy (non-hydrogen) atoms. The van der Waals surface area contributed by atoms with Crippen LogP contribution in [0.15, 0.2) is 42.6 Å². The minimum absolute atomic E-state index is 0.0224. The summed E-state index contributed by atoms with van der Waals surface area (Å²) in [4.78, 5) is 29.3. The Balaban J connectivity index is 1.46. The van der Waals surface area contributed by atoms with Gasteiger partial charge in [-0.2, -0.15) is 0 Å². The quantitative estimate of drug-likeness (QED) is 0.849. The van der Waals surface area contributed by atoms with E-state index in [4.69, 9.17) is 0 Å². The zero-order valence-electron chi connectivity index (χ0n) is 14.8. The molecular weight excluding hydrogens is 333 g/mol. The molecule has 3 heterocycles. The van der Waals surface area contributed by atoms with Gasteiger partial charge in [0.05, 0.1) is 5.41 Å². The summed E-state index contributed by atoms with van der Waals surface area (Å²) in [7, 11) is 1.85. The van der Waals surface area contributed by atoms with E-state index in [0.717, 1.165) is 12.0 Å². The molecule has 1 aromatic heterocycles. The first-order chi connectivity index (χ1) is 12.5. The molecular formula is C20H22FN3O2. The van der Waals surface area contributed by atoms with E-state index in [2.05, 4.69) is 0 Å². The van der Waals surface area contributed by atoms with Crippen molar-refractivity contribution in [3.05, 3.63) is 59.7 Å². The van der Waals surface area contributed by atoms with Gasteiger partial charge in [-0.05, 0) is 42.7 Å². The number of benzene rings is 1. The summed E-state index contributed by atoms with van der Waals surface area (Å²) < 4.78 is 15.2. The molecule has 2 aliphatic heterocycles. The number of rotatable bonds is 3. The summed E-state index contributed by atoms with van der Waals surface area (Å²) in [5.74, 6) is -0.223.